The lowest BCUT2D eigenvalue weighted by Gasteiger charge is -2.38. The summed E-state index contributed by atoms with van der Waals surface area (Å²) in [5, 5.41) is 3.80. The van der Waals surface area contributed by atoms with Crippen LogP contribution in [0.4, 0.5) is 5.69 Å². The van der Waals surface area contributed by atoms with Crippen molar-refractivity contribution >= 4 is 5.69 Å². The Morgan fingerprint density at radius 2 is 1.85 bits per heavy atom. The van der Waals surface area contributed by atoms with Crippen LogP contribution in [0, 0.1) is 5.92 Å². The van der Waals surface area contributed by atoms with Gasteiger partial charge < -0.3 is 14.8 Å². The van der Waals surface area contributed by atoms with Crippen molar-refractivity contribution in [3.8, 4) is 11.5 Å². The van der Waals surface area contributed by atoms with Crippen molar-refractivity contribution < 1.29 is 9.47 Å². The van der Waals surface area contributed by atoms with Crippen LogP contribution in [-0.4, -0.2) is 13.2 Å². The molecule has 3 atom stereocenters. The van der Waals surface area contributed by atoms with E-state index in [1.165, 1.54) is 11.1 Å². The van der Waals surface area contributed by atoms with E-state index >= 15 is 0 Å². The van der Waals surface area contributed by atoms with Gasteiger partial charge in [-0.2, -0.15) is 0 Å². The van der Waals surface area contributed by atoms with Crippen LogP contribution in [0.2, 0.25) is 0 Å². The van der Waals surface area contributed by atoms with Crippen LogP contribution < -0.4 is 14.8 Å². The number of anilines is 1. The first-order chi connectivity index (χ1) is 13.2. The first-order valence-corrected chi connectivity index (χ1v) is 9.74. The van der Waals surface area contributed by atoms with E-state index in [1.54, 1.807) is 0 Å². The second-order valence-corrected chi connectivity index (χ2v) is 7.41. The predicted octanol–water partition coefficient (Wildman–Crippen LogP) is 5.87. The van der Waals surface area contributed by atoms with Gasteiger partial charge in [0, 0.05) is 11.5 Å². The molecule has 1 aliphatic heterocycles. The first kappa shape index (κ1) is 17.7. The molecule has 1 aliphatic carbocycles. The van der Waals surface area contributed by atoms with Crippen LogP contribution in [0.15, 0.2) is 66.8 Å². The van der Waals surface area contributed by atoms with Gasteiger partial charge in [0.1, 0.15) is 18.1 Å². The third-order valence-corrected chi connectivity index (χ3v) is 5.39. The fourth-order valence-electron chi connectivity index (χ4n) is 4.25. The van der Waals surface area contributed by atoms with Crippen molar-refractivity contribution in [2.75, 3.05) is 18.5 Å². The number of benzene rings is 2. The van der Waals surface area contributed by atoms with Gasteiger partial charge in [-0.05, 0) is 49.5 Å². The number of fused-ring (bicyclic) bond motifs is 3. The molecule has 0 bridgehead atoms. The normalized spacial score (nSPS) is 22.5. The Kier molecular flexibility index (Phi) is 4.93. The van der Waals surface area contributed by atoms with Crippen LogP contribution in [0.5, 0.6) is 11.5 Å². The Bertz CT molecular complexity index is 870. The number of hydrogen-bond donors (Lipinski definition) is 1. The summed E-state index contributed by atoms with van der Waals surface area (Å²) in [4.78, 5) is 0. The highest BCUT2D eigenvalue weighted by atomic mass is 16.5. The molecular formula is C24H27NO2. The molecule has 3 nitrogen and oxygen atoms in total. The average molecular weight is 361 g/mol. The minimum atomic E-state index is 0.190. The maximum Gasteiger partial charge on any atom is 0.143 e. The van der Waals surface area contributed by atoms with Gasteiger partial charge in [0.25, 0.3) is 0 Å². The van der Waals surface area contributed by atoms with E-state index in [2.05, 4.69) is 54.4 Å². The van der Waals surface area contributed by atoms with E-state index in [9.17, 15) is 0 Å². The first-order valence-electron chi connectivity index (χ1n) is 9.74. The predicted molar refractivity (Wildman–Crippen MR) is 111 cm³/mol. The van der Waals surface area contributed by atoms with E-state index < -0.39 is 0 Å². The van der Waals surface area contributed by atoms with E-state index in [1.807, 2.05) is 26.0 Å². The summed E-state index contributed by atoms with van der Waals surface area (Å²) in [6.45, 7) is 9.17. The lowest BCUT2D eigenvalue weighted by Crippen LogP contribution is -2.29. The van der Waals surface area contributed by atoms with Crippen molar-refractivity contribution in [3.05, 3.63) is 77.9 Å². The Balaban J connectivity index is 1.75. The Morgan fingerprint density at radius 3 is 2.67 bits per heavy atom. The standard InChI is InChI=1S/C24H27NO2/c1-4-26-21-13-6-5-9-20(21)23-18-11-7-10-17(18)19-12-8-14-22(24(19)25-23)27-15-16(2)3/h5-10,12-14,17-18,23,25H,2,4,11,15H2,1,3H3. The number of para-hydroxylation sites is 2. The molecule has 0 aromatic heterocycles. The molecule has 0 spiro atoms. The van der Waals surface area contributed by atoms with Gasteiger partial charge in [0.15, 0.2) is 0 Å². The fourth-order valence-corrected chi connectivity index (χ4v) is 4.25. The van der Waals surface area contributed by atoms with Crippen molar-refractivity contribution in [2.45, 2.75) is 32.2 Å². The topological polar surface area (TPSA) is 30.5 Å². The number of rotatable bonds is 6. The zero-order valence-corrected chi connectivity index (χ0v) is 16.1. The summed E-state index contributed by atoms with van der Waals surface area (Å²) in [5.74, 6) is 2.74. The summed E-state index contributed by atoms with van der Waals surface area (Å²) < 4.78 is 12.0. The molecular weight excluding hydrogens is 334 g/mol. The molecule has 1 N–H and O–H groups in total. The highest BCUT2D eigenvalue weighted by Gasteiger charge is 2.39. The Morgan fingerprint density at radius 1 is 1.07 bits per heavy atom. The Labute approximate surface area is 161 Å². The summed E-state index contributed by atoms with van der Waals surface area (Å²) in [7, 11) is 0. The smallest absolute Gasteiger partial charge is 0.143 e. The quantitative estimate of drug-likeness (QED) is 0.653. The number of hydrogen-bond acceptors (Lipinski definition) is 3. The summed E-state index contributed by atoms with van der Waals surface area (Å²) in [6, 6.07) is 14.9. The molecule has 1 heterocycles. The van der Waals surface area contributed by atoms with Gasteiger partial charge in [-0.15, -0.1) is 0 Å². The maximum atomic E-state index is 6.06. The largest absolute Gasteiger partial charge is 0.494 e. The zero-order valence-electron chi connectivity index (χ0n) is 16.1. The zero-order chi connectivity index (χ0) is 18.8. The molecule has 2 aromatic carbocycles. The summed E-state index contributed by atoms with van der Waals surface area (Å²) in [5.41, 5.74) is 4.65. The highest BCUT2D eigenvalue weighted by Crippen LogP contribution is 2.53. The van der Waals surface area contributed by atoms with Crippen molar-refractivity contribution in [1.82, 2.24) is 0 Å². The minimum Gasteiger partial charge on any atom is -0.494 e. The van der Waals surface area contributed by atoms with E-state index in [4.69, 9.17) is 9.47 Å². The number of nitrogens with one attached hydrogen (secondary N) is 1. The lowest BCUT2D eigenvalue weighted by molar-refractivity contribution is 0.324. The van der Waals surface area contributed by atoms with Gasteiger partial charge in [-0.3, -0.25) is 0 Å². The second kappa shape index (κ2) is 7.51. The van der Waals surface area contributed by atoms with Crippen LogP contribution in [0.25, 0.3) is 0 Å². The molecule has 0 amide bonds. The SMILES string of the molecule is C=C(C)COc1cccc2c1NC(c1ccccc1OCC)C1CC=CC21. The average Bonchev–Trinajstić information content (AvgIpc) is 3.16. The van der Waals surface area contributed by atoms with Crippen molar-refractivity contribution in [1.29, 1.82) is 0 Å². The van der Waals surface area contributed by atoms with Crippen LogP contribution in [0.1, 0.15) is 43.4 Å². The van der Waals surface area contributed by atoms with E-state index in [-0.39, 0.29) is 6.04 Å². The van der Waals surface area contributed by atoms with Crippen LogP contribution in [0.3, 0.4) is 0 Å². The van der Waals surface area contributed by atoms with Gasteiger partial charge in [0.2, 0.25) is 0 Å². The monoisotopic (exact) mass is 361 g/mol. The third-order valence-electron chi connectivity index (χ3n) is 5.39. The molecule has 27 heavy (non-hydrogen) atoms. The lowest BCUT2D eigenvalue weighted by atomic mass is 9.76. The molecule has 4 rings (SSSR count). The molecule has 3 unspecified atom stereocenters. The molecule has 2 aromatic rings. The van der Waals surface area contributed by atoms with E-state index in [0.717, 1.165) is 29.2 Å². The van der Waals surface area contributed by atoms with Crippen LogP contribution >= 0.6 is 0 Å². The molecule has 0 radical (unpaired) electrons. The van der Waals surface area contributed by atoms with Crippen molar-refractivity contribution in [3.63, 3.8) is 0 Å². The van der Waals surface area contributed by atoms with Gasteiger partial charge in [0.05, 0.1) is 18.3 Å². The number of ether oxygens (including phenoxy) is 2. The minimum absolute atomic E-state index is 0.190. The van der Waals surface area contributed by atoms with Gasteiger partial charge >= 0.3 is 0 Å². The molecule has 140 valence electrons. The van der Waals surface area contributed by atoms with Crippen molar-refractivity contribution in [2.24, 2.45) is 5.92 Å². The maximum absolute atomic E-state index is 6.06. The Hall–Kier alpha value is -2.68. The molecule has 0 fully saturated rings. The highest BCUT2D eigenvalue weighted by molar-refractivity contribution is 5.68. The third kappa shape index (κ3) is 3.34. The van der Waals surface area contributed by atoms with E-state index in [0.29, 0.717) is 25.0 Å². The number of allylic oxidation sites excluding steroid dienone is 2. The molecule has 0 saturated carbocycles. The van der Waals surface area contributed by atoms with Gasteiger partial charge in [-0.25, -0.2) is 0 Å². The molecule has 2 aliphatic rings. The second-order valence-electron chi connectivity index (χ2n) is 7.41. The summed E-state index contributed by atoms with van der Waals surface area (Å²) >= 11 is 0. The van der Waals surface area contributed by atoms with Gasteiger partial charge in [-0.1, -0.05) is 49.1 Å². The van der Waals surface area contributed by atoms with Crippen LogP contribution in [-0.2, 0) is 0 Å². The molecule has 0 saturated heterocycles. The molecule has 3 heteroatoms. The summed E-state index contributed by atoms with van der Waals surface area (Å²) in [6.07, 6.45) is 5.73. The fraction of sp³-hybridized carbons (Fsp3) is 0.333.